The Morgan fingerprint density at radius 3 is 2.94 bits per heavy atom. The van der Waals surface area contributed by atoms with Crippen LogP contribution in [0.25, 0.3) is 0 Å². The summed E-state index contributed by atoms with van der Waals surface area (Å²) in [6.45, 7) is 0.789. The van der Waals surface area contributed by atoms with E-state index in [1.165, 1.54) is 0 Å². The molecule has 2 rings (SSSR count). The van der Waals surface area contributed by atoms with E-state index in [0.29, 0.717) is 5.95 Å². The summed E-state index contributed by atoms with van der Waals surface area (Å²) in [5.41, 5.74) is 0. The summed E-state index contributed by atoms with van der Waals surface area (Å²) in [6.07, 6.45) is 4.27. The summed E-state index contributed by atoms with van der Waals surface area (Å²) >= 11 is 0. The lowest BCUT2D eigenvalue weighted by atomic mass is 10.3. The Bertz CT molecular complexity index is 453. The van der Waals surface area contributed by atoms with Gasteiger partial charge in [-0.3, -0.25) is 0 Å². The molecule has 0 radical (unpaired) electrons. The van der Waals surface area contributed by atoms with Crippen molar-refractivity contribution in [3.05, 3.63) is 36.4 Å². The van der Waals surface area contributed by atoms with Crippen molar-refractivity contribution in [1.82, 2.24) is 9.97 Å². The minimum absolute atomic E-state index is 0.702. The topological polar surface area (TPSA) is 54.2 Å². The number of furan rings is 1. The zero-order valence-corrected chi connectivity index (χ0v) is 10.1. The average molecular weight is 232 g/mol. The van der Waals surface area contributed by atoms with Crippen molar-refractivity contribution in [1.29, 1.82) is 0 Å². The maximum absolute atomic E-state index is 5.25. The summed E-state index contributed by atoms with van der Waals surface area (Å²) in [5, 5.41) is 3.24. The van der Waals surface area contributed by atoms with Crippen LogP contribution in [0.3, 0.4) is 0 Å². The van der Waals surface area contributed by atoms with Gasteiger partial charge in [0.1, 0.15) is 11.6 Å². The van der Waals surface area contributed by atoms with Gasteiger partial charge in [0.25, 0.3) is 0 Å². The molecule has 0 aromatic carbocycles. The molecule has 0 fully saturated rings. The van der Waals surface area contributed by atoms with Gasteiger partial charge in [-0.15, -0.1) is 0 Å². The third-order valence-electron chi connectivity index (χ3n) is 2.30. The van der Waals surface area contributed by atoms with Gasteiger partial charge in [0, 0.05) is 33.3 Å². The average Bonchev–Trinajstić information content (AvgIpc) is 2.82. The standard InChI is InChI=1S/C12H16N4O/c1-16(2)12-14-8-6-11(15-12)13-7-5-10-4-3-9-17-10/h3-4,6,8-9H,5,7H2,1-2H3,(H,13,14,15). The number of hydrogen-bond donors (Lipinski definition) is 1. The minimum Gasteiger partial charge on any atom is -0.469 e. The van der Waals surface area contributed by atoms with Crippen LogP contribution in [0.5, 0.6) is 0 Å². The van der Waals surface area contributed by atoms with Crippen molar-refractivity contribution in [3.63, 3.8) is 0 Å². The Morgan fingerprint density at radius 2 is 2.24 bits per heavy atom. The van der Waals surface area contributed by atoms with E-state index >= 15 is 0 Å². The van der Waals surface area contributed by atoms with Gasteiger partial charge >= 0.3 is 0 Å². The zero-order chi connectivity index (χ0) is 12.1. The minimum atomic E-state index is 0.702. The molecule has 0 amide bonds. The lowest BCUT2D eigenvalue weighted by Crippen LogP contribution is -2.14. The third-order valence-corrected chi connectivity index (χ3v) is 2.30. The van der Waals surface area contributed by atoms with Crippen molar-refractivity contribution in [2.24, 2.45) is 0 Å². The maximum atomic E-state index is 5.25. The third kappa shape index (κ3) is 3.21. The fraction of sp³-hybridized carbons (Fsp3) is 0.333. The van der Waals surface area contributed by atoms with Crippen LogP contribution >= 0.6 is 0 Å². The number of hydrogen-bond acceptors (Lipinski definition) is 5. The molecule has 0 aliphatic heterocycles. The van der Waals surface area contributed by atoms with Crippen molar-refractivity contribution in [2.45, 2.75) is 6.42 Å². The van der Waals surface area contributed by atoms with Crippen molar-refractivity contribution < 1.29 is 4.42 Å². The van der Waals surface area contributed by atoms with Gasteiger partial charge in [0.15, 0.2) is 0 Å². The Morgan fingerprint density at radius 1 is 1.35 bits per heavy atom. The summed E-state index contributed by atoms with van der Waals surface area (Å²) in [5.74, 6) is 2.50. The SMILES string of the molecule is CN(C)c1nccc(NCCc2ccco2)n1. The van der Waals surface area contributed by atoms with E-state index in [-0.39, 0.29) is 0 Å². The van der Waals surface area contributed by atoms with Crippen LogP contribution in [0.15, 0.2) is 35.1 Å². The highest BCUT2D eigenvalue weighted by atomic mass is 16.3. The Balaban J connectivity index is 1.88. The molecule has 1 N–H and O–H groups in total. The predicted molar refractivity (Wildman–Crippen MR) is 67.3 cm³/mol. The summed E-state index contributed by atoms with van der Waals surface area (Å²) in [4.78, 5) is 10.4. The normalized spacial score (nSPS) is 10.2. The molecule has 5 nitrogen and oxygen atoms in total. The smallest absolute Gasteiger partial charge is 0.226 e. The molecule has 5 heteroatoms. The molecule has 0 aliphatic carbocycles. The van der Waals surface area contributed by atoms with E-state index in [2.05, 4.69) is 15.3 Å². The zero-order valence-electron chi connectivity index (χ0n) is 10.1. The second-order valence-electron chi connectivity index (χ2n) is 3.89. The van der Waals surface area contributed by atoms with Crippen LogP contribution in [0, 0.1) is 0 Å². The molecule has 2 aromatic rings. The van der Waals surface area contributed by atoms with E-state index in [1.54, 1.807) is 12.5 Å². The summed E-state index contributed by atoms with van der Waals surface area (Å²) in [7, 11) is 3.84. The van der Waals surface area contributed by atoms with Crippen LogP contribution in [0.2, 0.25) is 0 Å². The van der Waals surface area contributed by atoms with Gasteiger partial charge in [-0.1, -0.05) is 0 Å². The van der Waals surface area contributed by atoms with Crippen LogP contribution in [0.4, 0.5) is 11.8 Å². The number of anilines is 2. The Labute approximate surface area is 100 Å². The molecule has 0 saturated carbocycles. The van der Waals surface area contributed by atoms with Crippen LogP contribution in [-0.4, -0.2) is 30.6 Å². The van der Waals surface area contributed by atoms with E-state index in [9.17, 15) is 0 Å². The van der Waals surface area contributed by atoms with Crippen molar-refractivity contribution in [2.75, 3.05) is 30.9 Å². The van der Waals surface area contributed by atoms with Gasteiger partial charge < -0.3 is 14.6 Å². The van der Waals surface area contributed by atoms with E-state index < -0.39 is 0 Å². The second kappa shape index (κ2) is 5.34. The molecule has 0 unspecified atom stereocenters. The number of nitrogens with one attached hydrogen (secondary N) is 1. The van der Waals surface area contributed by atoms with Crippen molar-refractivity contribution >= 4 is 11.8 Å². The monoisotopic (exact) mass is 232 g/mol. The van der Waals surface area contributed by atoms with Crippen LogP contribution in [-0.2, 0) is 6.42 Å². The Kier molecular flexibility index (Phi) is 3.59. The van der Waals surface area contributed by atoms with Gasteiger partial charge in [0.05, 0.1) is 6.26 Å². The van der Waals surface area contributed by atoms with E-state index in [4.69, 9.17) is 4.42 Å². The molecule has 17 heavy (non-hydrogen) atoms. The molecular formula is C12H16N4O. The fourth-order valence-corrected chi connectivity index (χ4v) is 1.43. The first kappa shape index (κ1) is 11.4. The van der Waals surface area contributed by atoms with Gasteiger partial charge in [-0.05, 0) is 18.2 Å². The first-order valence-corrected chi connectivity index (χ1v) is 5.52. The van der Waals surface area contributed by atoms with E-state index in [0.717, 1.165) is 24.5 Å². The highest BCUT2D eigenvalue weighted by Gasteiger charge is 2.01. The molecule has 2 heterocycles. The number of rotatable bonds is 5. The quantitative estimate of drug-likeness (QED) is 0.851. The summed E-state index contributed by atoms with van der Waals surface area (Å²) < 4.78 is 5.25. The number of aromatic nitrogens is 2. The first-order chi connectivity index (χ1) is 8.25. The van der Waals surface area contributed by atoms with Crippen LogP contribution in [0.1, 0.15) is 5.76 Å². The highest BCUT2D eigenvalue weighted by Crippen LogP contribution is 2.08. The molecule has 0 saturated heterocycles. The lowest BCUT2D eigenvalue weighted by molar-refractivity contribution is 0.513. The second-order valence-corrected chi connectivity index (χ2v) is 3.89. The molecule has 90 valence electrons. The van der Waals surface area contributed by atoms with E-state index in [1.807, 2.05) is 37.2 Å². The molecular weight excluding hydrogens is 216 g/mol. The first-order valence-electron chi connectivity index (χ1n) is 5.52. The molecule has 0 spiro atoms. The van der Waals surface area contributed by atoms with Gasteiger partial charge in [-0.25, -0.2) is 4.98 Å². The lowest BCUT2D eigenvalue weighted by Gasteiger charge is -2.11. The molecule has 2 aromatic heterocycles. The largest absolute Gasteiger partial charge is 0.469 e. The predicted octanol–water partition coefficient (Wildman–Crippen LogP) is 1.79. The van der Waals surface area contributed by atoms with Crippen molar-refractivity contribution in [3.8, 4) is 0 Å². The molecule has 0 bridgehead atoms. The molecule has 0 atom stereocenters. The highest BCUT2D eigenvalue weighted by molar-refractivity contribution is 5.40. The Hall–Kier alpha value is -2.04. The maximum Gasteiger partial charge on any atom is 0.226 e. The van der Waals surface area contributed by atoms with Gasteiger partial charge in [0.2, 0.25) is 5.95 Å². The summed E-state index contributed by atoms with van der Waals surface area (Å²) in [6, 6.07) is 5.71. The van der Waals surface area contributed by atoms with Crippen LogP contribution < -0.4 is 10.2 Å². The fourth-order valence-electron chi connectivity index (χ4n) is 1.43. The van der Waals surface area contributed by atoms with Gasteiger partial charge in [-0.2, -0.15) is 4.98 Å². The molecule has 0 aliphatic rings. The number of nitrogens with zero attached hydrogens (tertiary/aromatic N) is 3.